The van der Waals surface area contributed by atoms with E-state index < -0.39 is 0 Å². The van der Waals surface area contributed by atoms with Crippen LogP contribution in [0.3, 0.4) is 0 Å². The summed E-state index contributed by atoms with van der Waals surface area (Å²) in [5, 5.41) is 11.6. The number of hydrogen-bond acceptors (Lipinski definition) is 4. The Kier molecular flexibility index (Phi) is 8.78. The average Bonchev–Trinajstić information content (AvgIpc) is 3.30. The Balaban J connectivity index is 0.00000261. The Morgan fingerprint density at radius 3 is 2.70 bits per heavy atom. The van der Waals surface area contributed by atoms with E-state index in [1.54, 1.807) is 18.1 Å². The van der Waals surface area contributed by atoms with E-state index in [9.17, 15) is 0 Å². The summed E-state index contributed by atoms with van der Waals surface area (Å²) < 4.78 is 1.75. The number of aromatic nitrogens is 3. The first kappa shape index (κ1) is 21.9. The fourth-order valence-corrected chi connectivity index (χ4v) is 3.48. The van der Waals surface area contributed by atoms with Gasteiger partial charge < -0.3 is 10.6 Å². The molecule has 2 N–H and O–H groups in total. The summed E-state index contributed by atoms with van der Waals surface area (Å²) in [6.45, 7) is 3.56. The van der Waals surface area contributed by atoms with Crippen LogP contribution in [-0.4, -0.2) is 52.3 Å². The number of rotatable bonds is 6. The summed E-state index contributed by atoms with van der Waals surface area (Å²) >= 11 is 6.22. The third kappa shape index (κ3) is 6.05. The van der Waals surface area contributed by atoms with Crippen molar-refractivity contribution in [3.8, 4) is 0 Å². The van der Waals surface area contributed by atoms with Crippen LogP contribution in [0.5, 0.6) is 0 Å². The summed E-state index contributed by atoms with van der Waals surface area (Å²) in [6, 6.07) is 8.40. The molecule has 1 unspecified atom stereocenters. The molecule has 148 valence electrons. The molecule has 0 bridgehead atoms. The van der Waals surface area contributed by atoms with Gasteiger partial charge in [0.2, 0.25) is 0 Å². The van der Waals surface area contributed by atoms with Gasteiger partial charge in [-0.2, -0.15) is 5.10 Å². The van der Waals surface area contributed by atoms with Gasteiger partial charge in [0, 0.05) is 25.7 Å². The lowest BCUT2D eigenvalue weighted by Crippen LogP contribution is -2.42. The SMILES string of the molecule is CN=C(NCc1ncnn1C)NCC(c1cccc(Cl)c1)N1CCCC1.I. The predicted octanol–water partition coefficient (Wildman–Crippen LogP) is 2.59. The lowest BCUT2D eigenvalue weighted by atomic mass is 10.1. The van der Waals surface area contributed by atoms with Crippen molar-refractivity contribution in [2.75, 3.05) is 26.7 Å². The van der Waals surface area contributed by atoms with Crippen molar-refractivity contribution in [2.24, 2.45) is 12.0 Å². The number of aliphatic imine (C=N–C) groups is 1. The molecule has 0 saturated carbocycles. The van der Waals surface area contributed by atoms with Crippen LogP contribution in [0, 0.1) is 0 Å². The smallest absolute Gasteiger partial charge is 0.191 e. The van der Waals surface area contributed by atoms with Crippen molar-refractivity contribution in [3.05, 3.63) is 47.0 Å². The van der Waals surface area contributed by atoms with E-state index in [4.69, 9.17) is 11.6 Å². The summed E-state index contributed by atoms with van der Waals surface area (Å²) in [5.41, 5.74) is 1.23. The number of nitrogens with one attached hydrogen (secondary N) is 2. The van der Waals surface area contributed by atoms with Gasteiger partial charge in [-0.1, -0.05) is 23.7 Å². The van der Waals surface area contributed by atoms with Crippen LogP contribution in [0.4, 0.5) is 0 Å². The number of benzene rings is 1. The number of hydrogen-bond donors (Lipinski definition) is 2. The van der Waals surface area contributed by atoms with E-state index >= 15 is 0 Å². The number of halogens is 2. The zero-order chi connectivity index (χ0) is 18.4. The van der Waals surface area contributed by atoms with Gasteiger partial charge in [0.25, 0.3) is 0 Å². The first-order valence-corrected chi connectivity index (χ1v) is 9.32. The summed E-state index contributed by atoms with van der Waals surface area (Å²) in [4.78, 5) is 11.0. The molecule has 0 spiro atoms. The second-order valence-electron chi connectivity index (χ2n) is 6.42. The molecule has 0 aliphatic carbocycles. The van der Waals surface area contributed by atoms with Gasteiger partial charge in [0.1, 0.15) is 12.2 Å². The molecule has 1 aliphatic heterocycles. The minimum atomic E-state index is 0. The molecule has 9 heteroatoms. The molecule has 1 fully saturated rings. The van der Waals surface area contributed by atoms with Crippen LogP contribution < -0.4 is 10.6 Å². The van der Waals surface area contributed by atoms with Gasteiger partial charge in [-0.05, 0) is 43.6 Å². The lowest BCUT2D eigenvalue weighted by molar-refractivity contribution is 0.245. The molecule has 2 aromatic rings. The number of guanidine groups is 1. The molecule has 7 nitrogen and oxygen atoms in total. The van der Waals surface area contributed by atoms with Crippen molar-refractivity contribution >= 4 is 41.5 Å². The number of nitrogens with zero attached hydrogens (tertiary/aromatic N) is 5. The standard InChI is InChI=1S/C18H26ClN7.HI/c1-20-18(22-12-17-23-13-24-25(17)2)21-11-16(26-8-3-4-9-26)14-6-5-7-15(19)10-14;/h5-7,10,13,16H,3-4,8-9,11-12H2,1-2H3,(H2,20,21,22);1H. The van der Waals surface area contributed by atoms with Crippen molar-refractivity contribution in [3.63, 3.8) is 0 Å². The first-order chi connectivity index (χ1) is 12.7. The van der Waals surface area contributed by atoms with Crippen LogP contribution in [0.1, 0.15) is 30.3 Å². The van der Waals surface area contributed by atoms with Crippen LogP contribution in [0.25, 0.3) is 0 Å². The number of likely N-dealkylation sites (tertiary alicyclic amines) is 1. The van der Waals surface area contributed by atoms with E-state index in [1.807, 2.05) is 19.2 Å². The second kappa shape index (κ2) is 10.8. The highest BCUT2D eigenvalue weighted by atomic mass is 127. The maximum Gasteiger partial charge on any atom is 0.191 e. The molecule has 0 radical (unpaired) electrons. The molecule has 27 heavy (non-hydrogen) atoms. The van der Waals surface area contributed by atoms with E-state index in [2.05, 4.69) is 42.7 Å². The lowest BCUT2D eigenvalue weighted by Gasteiger charge is -2.29. The highest BCUT2D eigenvalue weighted by Crippen LogP contribution is 2.26. The zero-order valence-corrected chi connectivity index (χ0v) is 18.8. The van der Waals surface area contributed by atoms with E-state index in [-0.39, 0.29) is 30.0 Å². The van der Waals surface area contributed by atoms with Gasteiger partial charge in [-0.3, -0.25) is 14.6 Å². The molecule has 0 amide bonds. The molecular formula is C18H27ClIN7. The van der Waals surface area contributed by atoms with Gasteiger partial charge in [0.05, 0.1) is 12.6 Å². The van der Waals surface area contributed by atoms with Crippen LogP contribution >= 0.6 is 35.6 Å². The van der Waals surface area contributed by atoms with Crippen molar-refractivity contribution in [1.29, 1.82) is 0 Å². The minimum absolute atomic E-state index is 0. The zero-order valence-electron chi connectivity index (χ0n) is 15.7. The topological polar surface area (TPSA) is 70.4 Å². The van der Waals surface area contributed by atoms with E-state index in [0.717, 1.165) is 36.4 Å². The summed E-state index contributed by atoms with van der Waals surface area (Å²) in [6.07, 6.45) is 4.04. The van der Waals surface area contributed by atoms with Crippen molar-refractivity contribution < 1.29 is 0 Å². The molecule has 1 saturated heterocycles. The molecule has 1 atom stereocenters. The molecular weight excluding hydrogens is 477 g/mol. The Labute approximate surface area is 182 Å². The fraction of sp³-hybridized carbons (Fsp3) is 0.500. The van der Waals surface area contributed by atoms with Crippen molar-refractivity contribution in [2.45, 2.75) is 25.4 Å². The fourth-order valence-electron chi connectivity index (χ4n) is 3.28. The third-order valence-electron chi connectivity index (χ3n) is 4.72. The Morgan fingerprint density at radius 1 is 1.30 bits per heavy atom. The van der Waals surface area contributed by atoms with Crippen LogP contribution in [0.15, 0.2) is 35.6 Å². The Hall–Kier alpha value is -1.39. The maximum atomic E-state index is 6.22. The van der Waals surface area contributed by atoms with E-state index in [1.165, 1.54) is 18.4 Å². The highest BCUT2D eigenvalue weighted by molar-refractivity contribution is 14.0. The third-order valence-corrected chi connectivity index (χ3v) is 4.96. The number of aryl methyl sites for hydroxylation is 1. The quantitative estimate of drug-likeness (QED) is 0.360. The molecule has 1 aromatic heterocycles. The van der Waals surface area contributed by atoms with Gasteiger partial charge >= 0.3 is 0 Å². The summed E-state index contributed by atoms with van der Waals surface area (Å²) in [5.74, 6) is 1.61. The maximum absolute atomic E-state index is 6.22. The second-order valence-corrected chi connectivity index (χ2v) is 6.86. The van der Waals surface area contributed by atoms with Crippen molar-refractivity contribution in [1.82, 2.24) is 30.3 Å². The normalized spacial score (nSPS) is 16.0. The van der Waals surface area contributed by atoms with E-state index in [0.29, 0.717) is 6.54 Å². The predicted molar refractivity (Wildman–Crippen MR) is 120 cm³/mol. The van der Waals surface area contributed by atoms with Gasteiger partial charge in [-0.25, -0.2) is 4.98 Å². The molecule has 1 aliphatic rings. The molecule has 3 rings (SSSR count). The van der Waals surface area contributed by atoms with Crippen LogP contribution in [0.2, 0.25) is 5.02 Å². The highest BCUT2D eigenvalue weighted by Gasteiger charge is 2.23. The molecule has 2 heterocycles. The van der Waals surface area contributed by atoms with Gasteiger partial charge in [-0.15, -0.1) is 24.0 Å². The summed E-state index contributed by atoms with van der Waals surface area (Å²) in [7, 11) is 3.65. The van der Waals surface area contributed by atoms with Gasteiger partial charge in [0.15, 0.2) is 5.96 Å². The first-order valence-electron chi connectivity index (χ1n) is 8.94. The monoisotopic (exact) mass is 503 g/mol. The largest absolute Gasteiger partial charge is 0.354 e. The Bertz CT molecular complexity index is 743. The van der Waals surface area contributed by atoms with Crippen LogP contribution in [-0.2, 0) is 13.6 Å². The minimum Gasteiger partial charge on any atom is -0.354 e. The molecule has 1 aromatic carbocycles. The average molecular weight is 504 g/mol. The Morgan fingerprint density at radius 2 is 2.07 bits per heavy atom.